The van der Waals surface area contributed by atoms with Crippen LogP contribution < -0.4 is 21.2 Å². The summed E-state index contributed by atoms with van der Waals surface area (Å²) in [5, 5.41) is 5.63. The zero-order valence-corrected chi connectivity index (χ0v) is 28.2. The van der Waals surface area contributed by atoms with Crippen molar-refractivity contribution in [3.63, 3.8) is 0 Å². The van der Waals surface area contributed by atoms with Crippen LogP contribution in [0.1, 0.15) is 0 Å². The van der Waals surface area contributed by atoms with Crippen molar-refractivity contribution >= 4 is 55.9 Å². The molecular formula is C34H28Cl2FeP2Pt. The van der Waals surface area contributed by atoms with E-state index in [9.17, 15) is 0 Å². The molecule has 4 aromatic carbocycles. The van der Waals surface area contributed by atoms with E-state index in [4.69, 9.17) is 18.8 Å². The molecule has 6 rings (SSSR count). The first-order valence-corrected chi connectivity index (χ1v) is 20.7. The van der Waals surface area contributed by atoms with Gasteiger partial charge in [0.15, 0.2) is 0 Å². The maximum atomic E-state index is 4.88. The van der Waals surface area contributed by atoms with E-state index >= 15 is 0 Å². The van der Waals surface area contributed by atoms with Gasteiger partial charge in [-0.25, -0.2) is 0 Å². The second kappa shape index (κ2) is 19.7. The Hall–Kier alpha value is -0.472. The minimum atomic E-state index is -0.472. The Morgan fingerprint density at radius 3 is 0.775 bits per heavy atom. The van der Waals surface area contributed by atoms with Gasteiger partial charge >= 0.3 is 35.3 Å². The normalized spacial score (nSPS) is 15.2. The van der Waals surface area contributed by atoms with Crippen molar-refractivity contribution in [2.45, 2.75) is 0 Å². The fourth-order valence-corrected chi connectivity index (χ4v) is 8.84. The van der Waals surface area contributed by atoms with E-state index in [1.165, 1.54) is 32.5 Å². The maximum absolute atomic E-state index is 4.88. The fraction of sp³-hybridized carbons (Fsp3) is 0. The number of hydrogen-bond acceptors (Lipinski definition) is 0. The summed E-state index contributed by atoms with van der Waals surface area (Å²) in [4.78, 5) is 0. The number of hydrogen-bond donors (Lipinski definition) is 0. The molecule has 6 heteroatoms. The fourth-order valence-electron chi connectivity index (χ4n) is 4.23. The Labute approximate surface area is 271 Å². The largest absolute Gasteiger partial charge is 0 e. The van der Waals surface area contributed by atoms with Gasteiger partial charge in [0, 0.05) is 28.4 Å². The van der Waals surface area contributed by atoms with Gasteiger partial charge < -0.3 is 0 Å². The van der Waals surface area contributed by atoms with Crippen molar-refractivity contribution in [3.8, 4) is 0 Å². The van der Waals surface area contributed by atoms with E-state index in [0.717, 1.165) is 0 Å². The first-order chi connectivity index (χ1) is 19.3. The van der Waals surface area contributed by atoms with Gasteiger partial charge in [0.2, 0.25) is 0 Å². The third kappa shape index (κ3) is 10.4. The van der Waals surface area contributed by atoms with E-state index in [-0.39, 0.29) is 17.1 Å². The van der Waals surface area contributed by atoms with Crippen LogP contribution >= 0.6 is 34.7 Å². The third-order valence-corrected chi connectivity index (χ3v) is 10.8. The van der Waals surface area contributed by atoms with Crippen LogP contribution in [0.15, 0.2) is 121 Å². The molecule has 0 amide bonds. The van der Waals surface area contributed by atoms with Gasteiger partial charge in [-0.05, 0) is 88.4 Å². The first kappa shape index (κ1) is 34.0. The third-order valence-electron chi connectivity index (χ3n) is 5.86. The van der Waals surface area contributed by atoms with Gasteiger partial charge in [0.1, 0.15) is 0 Å². The summed E-state index contributed by atoms with van der Waals surface area (Å²) >= 11 is -0.472. The standard InChI is InChI=1S/2C17H14P.2ClH.Fe.Pt/c2*1-3-9-15(10-4-1)18(17-13-7-8-14-17)16-11-5-2-6-12-16;;;;/h2*1-14H;2*1H;;/q;;;;;+2/p-2. The minimum Gasteiger partial charge on any atom is 0 e. The minimum absolute atomic E-state index is 0. The Kier molecular flexibility index (Phi) is 16.7. The SMILES string of the molecule is [CH]1[CH][CH][C](P(c2ccccc2)c2ccccc2)[CH]1.[CH]1[CH][CH][C](P(c2ccccc2)c2ccccc2)[CH]1.[Cl][Pt][Cl].[Fe]. The van der Waals surface area contributed by atoms with Gasteiger partial charge in [-0.15, -0.1) is 0 Å². The summed E-state index contributed by atoms with van der Waals surface area (Å²) in [6.45, 7) is 0. The average molecular weight is 820 g/mol. The van der Waals surface area contributed by atoms with Crippen LogP contribution in [0.25, 0.3) is 0 Å². The van der Waals surface area contributed by atoms with E-state index in [1.807, 2.05) is 0 Å². The Morgan fingerprint density at radius 2 is 0.575 bits per heavy atom. The van der Waals surface area contributed by atoms with Crippen molar-refractivity contribution in [1.82, 2.24) is 0 Å². The van der Waals surface area contributed by atoms with E-state index in [0.29, 0.717) is 0 Å². The smallest absolute Gasteiger partial charge is 0 e. The summed E-state index contributed by atoms with van der Waals surface area (Å²) in [6, 6.07) is 43.1. The van der Waals surface area contributed by atoms with Gasteiger partial charge in [-0.2, -0.15) is 0 Å². The number of rotatable bonds is 6. The summed E-state index contributed by atoms with van der Waals surface area (Å²) in [7, 11) is 8.93. The van der Waals surface area contributed by atoms with Crippen molar-refractivity contribution in [2.75, 3.05) is 0 Å². The Morgan fingerprint density at radius 1 is 0.375 bits per heavy atom. The zero-order valence-electron chi connectivity index (χ0n) is 21.5. The molecule has 2 saturated carbocycles. The van der Waals surface area contributed by atoms with E-state index < -0.39 is 32.3 Å². The molecule has 0 atom stereocenters. The van der Waals surface area contributed by atoms with Gasteiger partial charge in [0.05, 0.1) is 0 Å². The molecule has 0 saturated heterocycles. The second-order valence-corrected chi connectivity index (χ2v) is 16.1. The maximum Gasteiger partial charge on any atom is 0 e. The molecule has 0 unspecified atom stereocenters. The molecular weight excluding hydrogens is 792 g/mol. The molecule has 2 aliphatic carbocycles. The topological polar surface area (TPSA) is 0 Å². The molecule has 4 aromatic rings. The van der Waals surface area contributed by atoms with Crippen molar-refractivity contribution in [2.24, 2.45) is 0 Å². The summed E-state index contributed by atoms with van der Waals surface area (Å²) in [6.07, 6.45) is 17.4. The number of benzene rings is 4. The van der Waals surface area contributed by atoms with Crippen molar-refractivity contribution in [1.29, 1.82) is 0 Å². The van der Waals surface area contributed by atoms with Gasteiger partial charge in [0.25, 0.3) is 0 Å². The monoisotopic (exact) mass is 819 g/mol. The predicted molar refractivity (Wildman–Crippen MR) is 171 cm³/mol. The van der Waals surface area contributed by atoms with Crippen molar-refractivity contribution < 1.29 is 33.5 Å². The zero-order chi connectivity index (χ0) is 27.1. The van der Waals surface area contributed by atoms with Gasteiger partial charge in [-0.3, -0.25) is 0 Å². The van der Waals surface area contributed by atoms with E-state index in [1.54, 1.807) is 0 Å². The summed E-state index contributed by atoms with van der Waals surface area (Å²) in [5.74, 6) is 0. The van der Waals surface area contributed by atoms with Crippen LogP contribution in [-0.2, 0) is 33.5 Å². The molecule has 0 bridgehead atoms. The van der Waals surface area contributed by atoms with Crippen molar-refractivity contribution in [3.05, 3.63) is 184 Å². The van der Waals surface area contributed by atoms with Crippen LogP contribution in [0.5, 0.6) is 0 Å². The van der Waals surface area contributed by atoms with Crippen LogP contribution in [0.4, 0.5) is 0 Å². The average Bonchev–Trinajstić information content (AvgIpc) is 3.72. The molecule has 0 nitrogen and oxygen atoms in total. The molecule has 0 N–H and O–H groups in total. The molecule has 0 aliphatic heterocycles. The number of halogens is 2. The molecule has 0 heterocycles. The van der Waals surface area contributed by atoms with Crippen LogP contribution in [-0.4, -0.2) is 0 Å². The summed E-state index contributed by atoms with van der Waals surface area (Å²) in [5.41, 5.74) is 2.84. The van der Waals surface area contributed by atoms with Crippen LogP contribution in [0.2, 0.25) is 0 Å². The molecule has 10 radical (unpaired) electrons. The first-order valence-electron chi connectivity index (χ1n) is 12.4. The van der Waals surface area contributed by atoms with Crippen LogP contribution in [0.3, 0.4) is 0 Å². The Bertz CT molecular complexity index is 1000. The molecule has 206 valence electrons. The van der Waals surface area contributed by atoms with Crippen LogP contribution in [0, 0.1) is 62.7 Å². The quantitative estimate of drug-likeness (QED) is 0.136. The second-order valence-electron chi connectivity index (χ2n) is 8.34. The molecule has 2 aliphatic rings. The predicted octanol–water partition coefficient (Wildman–Crippen LogP) is 8.34. The summed E-state index contributed by atoms with van der Waals surface area (Å²) < 4.78 is 0. The molecule has 40 heavy (non-hydrogen) atoms. The molecule has 0 spiro atoms. The molecule has 0 aromatic heterocycles. The van der Waals surface area contributed by atoms with E-state index in [2.05, 4.69) is 173 Å². The molecule has 2 fully saturated rings. The Balaban J connectivity index is 0.000000197. The van der Waals surface area contributed by atoms with Gasteiger partial charge in [-0.1, -0.05) is 121 Å².